The number of anilines is 1. The lowest BCUT2D eigenvalue weighted by atomic mass is 10.2. The van der Waals surface area contributed by atoms with Crippen LogP contribution in [0.5, 0.6) is 0 Å². The Morgan fingerprint density at radius 1 is 1.10 bits per heavy atom. The number of thiazole rings is 1. The van der Waals surface area contributed by atoms with Gasteiger partial charge in [-0.25, -0.2) is 15.0 Å². The van der Waals surface area contributed by atoms with Crippen LogP contribution in [0.25, 0.3) is 17.1 Å². The van der Waals surface area contributed by atoms with Crippen LogP contribution in [0.1, 0.15) is 29.5 Å². The lowest BCUT2D eigenvalue weighted by Crippen LogP contribution is -2.15. The van der Waals surface area contributed by atoms with E-state index in [1.54, 1.807) is 10.9 Å². The summed E-state index contributed by atoms with van der Waals surface area (Å²) < 4.78 is 1.74. The van der Waals surface area contributed by atoms with Crippen LogP contribution in [0.2, 0.25) is 0 Å². The van der Waals surface area contributed by atoms with Crippen LogP contribution < -0.4 is 5.32 Å². The first kappa shape index (κ1) is 18.6. The van der Waals surface area contributed by atoms with Gasteiger partial charge in [-0.3, -0.25) is 14.7 Å². The van der Waals surface area contributed by atoms with Crippen molar-refractivity contribution in [1.29, 1.82) is 0 Å². The fourth-order valence-electron chi connectivity index (χ4n) is 2.69. The number of carbonyl (C=O) groups excluding carboxylic acids is 1. The van der Waals surface area contributed by atoms with E-state index in [-0.39, 0.29) is 5.91 Å². The van der Waals surface area contributed by atoms with Crippen molar-refractivity contribution in [2.75, 3.05) is 5.32 Å². The van der Waals surface area contributed by atoms with Gasteiger partial charge in [0.25, 0.3) is 5.91 Å². The first-order valence-corrected chi connectivity index (χ1v) is 9.93. The number of benzene rings is 1. The van der Waals surface area contributed by atoms with Crippen LogP contribution in [0, 0.1) is 11.8 Å². The zero-order chi connectivity index (χ0) is 20.1. The van der Waals surface area contributed by atoms with Crippen molar-refractivity contribution >= 4 is 22.4 Å². The summed E-state index contributed by atoms with van der Waals surface area (Å²) in [4.78, 5) is 25.9. The van der Waals surface area contributed by atoms with E-state index in [1.807, 2.05) is 60.8 Å². The molecule has 29 heavy (non-hydrogen) atoms. The Balaban J connectivity index is 1.53. The highest BCUT2D eigenvalue weighted by Gasteiger charge is 2.15. The molecule has 4 rings (SSSR count). The average molecular weight is 399 g/mol. The molecule has 0 aliphatic carbocycles. The van der Waals surface area contributed by atoms with Crippen LogP contribution in [0.3, 0.4) is 0 Å². The van der Waals surface area contributed by atoms with Crippen molar-refractivity contribution in [3.8, 4) is 28.9 Å². The summed E-state index contributed by atoms with van der Waals surface area (Å²) in [7, 11) is 0. The molecular weight excluding hydrogens is 382 g/mol. The zero-order valence-electron chi connectivity index (χ0n) is 15.7. The Hall–Kier alpha value is -3.76. The first-order valence-electron chi connectivity index (χ1n) is 9.05. The van der Waals surface area contributed by atoms with Crippen molar-refractivity contribution in [3.05, 3.63) is 77.8 Å². The van der Waals surface area contributed by atoms with Gasteiger partial charge in [0.1, 0.15) is 17.1 Å². The van der Waals surface area contributed by atoms with E-state index < -0.39 is 0 Å². The van der Waals surface area contributed by atoms with Gasteiger partial charge in [-0.05, 0) is 30.2 Å². The molecule has 0 saturated carbocycles. The molecule has 3 aromatic heterocycles. The third kappa shape index (κ3) is 4.23. The molecule has 0 aliphatic rings. The highest BCUT2D eigenvalue weighted by atomic mass is 32.1. The fourth-order valence-corrected chi connectivity index (χ4v) is 3.39. The summed E-state index contributed by atoms with van der Waals surface area (Å²) in [6, 6.07) is 15.2. The third-order valence-electron chi connectivity index (χ3n) is 4.03. The Morgan fingerprint density at radius 2 is 1.97 bits per heavy atom. The Labute approximate surface area is 172 Å². The number of nitrogens with one attached hydrogen (secondary N) is 1. The van der Waals surface area contributed by atoms with Crippen molar-refractivity contribution in [2.24, 2.45) is 0 Å². The normalized spacial score (nSPS) is 10.2. The predicted molar refractivity (Wildman–Crippen MR) is 114 cm³/mol. The Morgan fingerprint density at radius 3 is 2.79 bits per heavy atom. The topological polar surface area (TPSA) is 72.7 Å². The maximum atomic E-state index is 12.7. The van der Waals surface area contributed by atoms with Crippen LogP contribution in [0.15, 0.2) is 66.4 Å². The van der Waals surface area contributed by atoms with E-state index in [0.717, 1.165) is 17.8 Å². The second-order valence-corrected chi connectivity index (χ2v) is 6.90. The number of hydrogen-bond donors (Lipinski definition) is 1. The largest absolute Gasteiger partial charge is 0.296 e. The highest BCUT2D eigenvalue weighted by molar-refractivity contribution is 7.14. The molecule has 0 aliphatic heterocycles. The van der Waals surface area contributed by atoms with Crippen molar-refractivity contribution < 1.29 is 4.79 Å². The number of rotatable bonds is 4. The van der Waals surface area contributed by atoms with E-state index in [2.05, 4.69) is 32.1 Å². The van der Waals surface area contributed by atoms with Gasteiger partial charge >= 0.3 is 0 Å². The van der Waals surface area contributed by atoms with E-state index in [0.29, 0.717) is 22.2 Å². The van der Waals surface area contributed by atoms with Gasteiger partial charge in [0, 0.05) is 17.5 Å². The van der Waals surface area contributed by atoms with Gasteiger partial charge in [-0.1, -0.05) is 37.1 Å². The Kier molecular flexibility index (Phi) is 5.45. The molecule has 0 saturated heterocycles. The van der Waals surface area contributed by atoms with Crippen LogP contribution in [-0.4, -0.2) is 25.4 Å². The summed E-state index contributed by atoms with van der Waals surface area (Å²) in [6.45, 7) is 2.00. The van der Waals surface area contributed by atoms with Gasteiger partial charge in [-0.2, -0.15) is 0 Å². The summed E-state index contributed by atoms with van der Waals surface area (Å²) in [6.07, 6.45) is 3.93. The maximum absolute atomic E-state index is 12.7. The zero-order valence-corrected chi connectivity index (χ0v) is 16.5. The second-order valence-electron chi connectivity index (χ2n) is 6.04. The van der Waals surface area contributed by atoms with Crippen molar-refractivity contribution in [1.82, 2.24) is 19.5 Å². The molecule has 1 aromatic carbocycles. The second kappa shape index (κ2) is 8.50. The van der Waals surface area contributed by atoms with Gasteiger partial charge < -0.3 is 0 Å². The molecule has 1 amide bonds. The minimum absolute atomic E-state index is 0.275. The maximum Gasteiger partial charge on any atom is 0.276 e. The molecule has 4 aromatic rings. The number of para-hydroxylation sites is 1. The number of imidazole rings is 1. The Bertz CT molecular complexity index is 1200. The monoisotopic (exact) mass is 399 g/mol. The quantitative estimate of drug-likeness (QED) is 0.516. The number of carbonyl (C=O) groups is 1. The third-order valence-corrected chi connectivity index (χ3v) is 4.79. The summed E-state index contributed by atoms with van der Waals surface area (Å²) in [5.41, 5.74) is 3.42. The molecule has 0 atom stereocenters. The molecule has 142 valence electrons. The van der Waals surface area contributed by atoms with Gasteiger partial charge in [0.15, 0.2) is 5.13 Å². The van der Waals surface area contributed by atoms with Crippen molar-refractivity contribution in [2.45, 2.75) is 13.3 Å². The van der Waals surface area contributed by atoms with Crippen LogP contribution in [-0.2, 0) is 0 Å². The molecule has 3 heterocycles. The highest BCUT2D eigenvalue weighted by Crippen LogP contribution is 2.24. The summed E-state index contributed by atoms with van der Waals surface area (Å²) in [5.74, 6) is 5.76. The molecule has 6 nitrogen and oxygen atoms in total. The standard InChI is InChI=1S/C22H17N5OS/c1-2-3-8-16-9-7-12-18(24-16)19-14-29-22(25-19)26-21(28)20-13-23-15-27(20)17-10-5-4-6-11-17/h4-7,9-15H,2H2,1H3,(H,25,26,28). The number of aromatic nitrogens is 4. The number of nitrogens with zero attached hydrogens (tertiary/aromatic N) is 4. The number of amides is 1. The minimum Gasteiger partial charge on any atom is -0.296 e. The minimum atomic E-state index is -0.275. The fraction of sp³-hybridized carbons (Fsp3) is 0.0909. The molecule has 7 heteroatoms. The number of pyridine rings is 1. The molecule has 0 spiro atoms. The number of hydrogen-bond acceptors (Lipinski definition) is 5. The van der Waals surface area contributed by atoms with Gasteiger partial charge in [0.2, 0.25) is 0 Å². The van der Waals surface area contributed by atoms with Crippen LogP contribution >= 0.6 is 11.3 Å². The lowest BCUT2D eigenvalue weighted by molar-refractivity contribution is 0.102. The summed E-state index contributed by atoms with van der Waals surface area (Å²) >= 11 is 1.35. The predicted octanol–water partition coefficient (Wildman–Crippen LogP) is 4.40. The van der Waals surface area contributed by atoms with E-state index in [1.165, 1.54) is 17.5 Å². The average Bonchev–Trinajstić information content (AvgIpc) is 3.43. The van der Waals surface area contributed by atoms with Gasteiger partial charge in [-0.15, -0.1) is 11.3 Å². The van der Waals surface area contributed by atoms with Crippen molar-refractivity contribution in [3.63, 3.8) is 0 Å². The lowest BCUT2D eigenvalue weighted by Gasteiger charge is -2.07. The van der Waals surface area contributed by atoms with Crippen LogP contribution in [0.4, 0.5) is 5.13 Å². The smallest absolute Gasteiger partial charge is 0.276 e. The van der Waals surface area contributed by atoms with E-state index in [4.69, 9.17) is 0 Å². The molecule has 0 radical (unpaired) electrons. The molecule has 0 fully saturated rings. The first-order chi connectivity index (χ1) is 14.2. The molecule has 0 bridgehead atoms. The van der Waals surface area contributed by atoms with E-state index >= 15 is 0 Å². The van der Waals surface area contributed by atoms with Gasteiger partial charge in [0.05, 0.1) is 18.2 Å². The molecule has 0 unspecified atom stereocenters. The SMILES string of the molecule is CCC#Cc1cccc(-c2csc(NC(=O)c3cncn3-c3ccccc3)n2)n1. The van der Waals surface area contributed by atoms with E-state index in [9.17, 15) is 4.79 Å². The molecule has 1 N–H and O–H groups in total. The molecular formula is C22H17N5OS. The summed E-state index contributed by atoms with van der Waals surface area (Å²) in [5, 5.41) is 5.21.